The van der Waals surface area contributed by atoms with Crippen LogP contribution in [0.4, 0.5) is 14.5 Å². The Bertz CT molecular complexity index is 1810. The molecule has 4 N–H and O–H groups in total. The fraction of sp³-hybridized carbons (Fsp3) is 0.455. The summed E-state index contributed by atoms with van der Waals surface area (Å²) in [5.41, 5.74) is -4.65. The van der Waals surface area contributed by atoms with Gasteiger partial charge in [-0.05, 0) is 75.8 Å². The van der Waals surface area contributed by atoms with Crippen molar-refractivity contribution < 1.29 is 47.0 Å². The third-order valence-corrected chi connectivity index (χ3v) is 10.2. The summed E-state index contributed by atoms with van der Waals surface area (Å²) >= 11 is 0. The van der Waals surface area contributed by atoms with Gasteiger partial charge in [-0.15, -0.1) is 0 Å². The quantitative estimate of drug-likeness (QED) is 0.230. The number of anilines is 1. The Kier molecular flexibility index (Phi) is 10.7. The van der Waals surface area contributed by atoms with Gasteiger partial charge in [0.25, 0.3) is 5.91 Å². The molecular weight excluding hydrogens is 677 g/mol. The van der Waals surface area contributed by atoms with Crippen LogP contribution in [-0.4, -0.2) is 119 Å². The lowest BCUT2D eigenvalue weighted by Crippen LogP contribution is -2.61. The van der Waals surface area contributed by atoms with Gasteiger partial charge >= 0.3 is 13.3 Å². The first-order chi connectivity index (χ1) is 23.5. The molecule has 270 valence electrons. The molecule has 0 bridgehead atoms. The summed E-state index contributed by atoms with van der Waals surface area (Å²) in [6.07, 6.45) is 1.35. The van der Waals surface area contributed by atoms with Crippen molar-refractivity contribution in [3.05, 3.63) is 59.8 Å². The molecule has 2 aliphatic rings. The van der Waals surface area contributed by atoms with Crippen LogP contribution in [0.5, 0.6) is 5.75 Å². The smallest absolute Gasteiger partial charge is 0.399 e. The number of aromatic nitrogens is 1. The number of halogens is 2. The normalized spacial score (nSPS) is 20.0. The van der Waals surface area contributed by atoms with Crippen LogP contribution in [0.2, 0.25) is 0 Å². The molecule has 0 unspecified atom stereocenters. The maximum absolute atomic E-state index is 14.3. The number of nitrogens with zero attached hydrogens (tertiary/aromatic N) is 4. The van der Waals surface area contributed by atoms with Crippen LogP contribution in [0.15, 0.2) is 48.5 Å². The molecule has 2 saturated heterocycles. The molecule has 50 heavy (non-hydrogen) atoms. The van der Waals surface area contributed by atoms with Crippen molar-refractivity contribution in [2.45, 2.75) is 50.0 Å². The van der Waals surface area contributed by atoms with Crippen LogP contribution in [0, 0.1) is 0 Å². The first-order valence-electron chi connectivity index (χ1n) is 16.1. The van der Waals surface area contributed by atoms with Gasteiger partial charge in [0, 0.05) is 61.8 Å². The predicted octanol–water partition coefficient (Wildman–Crippen LogP) is 2.71. The Morgan fingerprint density at radius 2 is 1.76 bits per heavy atom. The van der Waals surface area contributed by atoms with Crippen LogP contribution in [0.3, 0.4) is 0 Å². The van der Waals surface area contributed by atoms with E-state index in [4.69, 9.17) is 14.5 Å². The number of alkyl halides is 2. The number of benzene rings is 2. The maximum Gasteiger partial charge on any atom is 0.399 e. The van der Waals surface area contributed by atoms with Gasteiger partial charge in [0.15, 0.2) is 0 Å². The highest BCUT2D eigenvalue weighted by molar-refractivity contribution is 7.52. The molecule has 2 fully saturated rings. The van der Waals surface area contributed by atoms with Crippen LogP contribution in [0.25, 0.3) is 10.9 Å². The standard InChI is InChI=1S/C33H41F2N6O8P/c1-20(42)40-14-13-24-8-12-29(32(45)39(4)23-6-9-25(10-7-23)49-16-15-38(2)3)41(24)31(44)28(19-40)37-30(43)27-18-21-17-22(5-11-26(21)36-27)33(34,35)50(46,47)48/h5-7,9-11,17-18,24,28-29,36H,8,12-16,19H2,1-4H3,(H,37,43)(H2,46,47,48)/t24-,28+,29+/m1/s1. The average Bonchev–Trinajstić information content (AvgIpc) is 3.68. The van der Waals surface area contributed by atoms with E-state index in [1.54, 1.807) is 31.3 Å². The minimum absolute atomic E-state index is 0.0802. The second-order valence-electron chi connectivity index (χ2n) is 12.9. The molecule has 2 aliphatic heterocycles. The van der Waals surface area contributed by atoms with E-state index in [0.717, 1.165) is 24.7 Å². The van der Waals surface area contributed by atoms with Crippen LogP contribution in [0.1, 0.15) is 42.2 Å². The first kappa shape index (κ1) is 36.9. The van der Waals surface area contributed by atoms with Gasteiger partial charge in [-0.25, -0.2) is 0 Å². The Morgan fingerprint density at radius 3 is 2.40 bits per heavy atom. The fourth-order valence-corrected chi connectivity index (χ4v) is 6.79. The number of carbonyl (C=O) groups excluding carboxylic acids is 4. The largest absolute Gasteiger partial charge is 0.492 e. The lowest BCUT2D eigenvalue weighted by Gasteiger charge is -2.39. The Balaban J connectivity index is 1.35. The molecule has 3 atom stereocenters. The number of H-pyrrole nitrogens is 1. The van der Waals surface area contributed by atoms with Crippen molar-refractivity contribution in [3.63, 3.8) is 0 Å². The Morgan fingerprint density at radius 1 is 1.06 bits per heavy atom. The van der Waals surface area contributed by atoms with Crippen molar-refractivity contribution >= 4 is 47.8 Å². The van der Waals surface area contributed by atoms with Gasteiger partial charge in [0.05, 0.1) is 0 Å². The molecule has 2 aromatic carbocycles. The Hall–Kier alpha value is -4.37. The van der Waals surface area contributed by atoms with E-state index >= 15 is 0 Å². The number of nitrogens with one attached hydrogen (secondary N) is 2. The predicted molar refractivity (Wildman–Crippen MR) is 180 cm³/mol. The summed E-state index contributed by atoms with van der Waals surface area (Å²) in [4.78, 5) is 81.6. The summed E-state index contributed by atoms with van der Waals surface area (Å²) in [6, 6.07) is 8.73. The summed E-state index contributed by atoms with van der Waals surface area (Å²) in [5.74, 6) is -1.28. The Labute approximate surface area is 287 Å². The van der Waals surface area contributed by atoms with Crippen LogP contribution in [-0.2, 0) is 24.6 Å². The van der Waals surface area contributed by atoms with Gasteiger partial charge in [-0.2, -0.15) is 8.78 Å². The molecule has 0 radical (unpaired) electrons. The van der Waals surface area contributed by atoms with Crippen molar-refractivity contribution in [3.8, 4) is 5.75 Å². The van der Waals surface area contributed by atoms with Gasteiger partial charge in [-0.1, -0.05) is 6.07 Å². The minimum atomic E-state index is -5.82. The highest BCUT2D eigenvalue weighted by Crippen LogP contribution is 2.59. The lowest BCUT2D eigenvalue weighted by molar-refractivity contribution is -0.144. The molecule has 1 aromatic heterocycles. The zero-order valence-electron chi connectivity index (χ0n) is 28.1. The molecule has 0 spiro atoms. The van der Waals surface area contributed by atoms with Crippen LogP contribution < -0.4 is 15.0 Å². The average molecular weight is 719 g/mol. The number of rotatable bonds is 10. The molecule has 3 heterocycles. The summed E-state index contributed by atoms with van der Waals surface area (Å²) in [7, 11) is -0.303. The summed E-state index contributed by atoms with van der Waals surface area (Å²) < 4.78 is 45.8. The molecule has 0 saturated carbocycles. The third kappa shape index (κ3) is 7.68. The number of aromatic amines is 1. The van der Waals surface area contributed by atoms with Gasteiger partial charge < -0.3 is 44.4 Å². The second-order valence-corrected chi connectivity index (χ2v) is 14.5. The summed E-state index contributed by atoms with van der Waals surface area (Å²) in [5, 5.41) is 2.74. The molecule has 5 rings (SSSR count). The van der Waals surface area contributed by atoms with E-state index in [-0.39, 0.29) is 41.0 Å². The second kappa shape index (κ2) is 14.5. The fourth-order valence-electron chi connectivity index (χ4n) is 6.32. The van der Waals surface area contributed by atoms with E-state index in [2.05, 4.69) is 10.3 Å². The number of amides is 4. The van der Waals surface area contributed by atoms with Crippen LogP contribution >= 0.6 is 7.60 Å². The highest BCUT2D eigenvalue weighted by atomic mass is 31.2. The number of ether oxygens (including phenoxy) is 1. The molecular formula is C33H41F2N6O8P. The third-order valence-electron chi connectivity index (χ3n) is 9.17. The molecule has 3 aromatic rings. The van der Waals surface area contributed by atoms with E-state index in [1.807, 2.05) is 19.0 Å². The van der Waals surface area contributed by atoms with Crippen molar-refractivity contribution in [1.82, 2.24) is 25.0 Å². The van der Waals surface area contributed by atoms with Gasteiger partial charge in [0.2, 0.25) is 17.7 Å². The van der Waals surface area contributed by atoms with Crippen molar-refractivity contribution in [1.29, 1.82) is 0 Å². The number of carbonyl (C=O) groups is 4. The molecule has 0 aliphatic carbocycles. The number of hydrogen-bond donors (Lipinski definition) is 4. The maximum atomic E-state index is 14.3. The van der Waals surface area contributed by atoms with E-state index in [9.17, 15) is 32.5 Å². The van der Waals surface area contributed by atoms with Gasteiger partial charge in [0.1, 0.15) is 30.1 Å². The van der Waals surface area contributed by atoms with E-state index in [1.165, 1.54) is 27.7 Å². The highest BCUT2D eigenvalue weighted by Gasteiger charge is 2.50. The number of hydrogen-bond acceptors (Lipinski definition) is 7. The molecule has 17 heteroatoms. The monoisotopic (exact) mass is 718 g/mol. The first-order valence-corrected chi connectivity index (χ1v) is 17.7. The van der Waals surface area contributed by atoms with Crippen molar-refractivity contribution in [2.24, 2.45) is 0 Å². The number of likely N-dealkylation sites (N-methyl/N-ethyl adjacent to an activating group) is 2. The number of fused-ring (bicyclic) bond motifs is 2. The van der Waals surface area contributed by atoms with Gasteiger partial charge in [-0.3, -0.25) is 23.7 Å². The van der Waals surface area contributed by atoms with E-state index in [0.29, 0.717) is 43.9 Å². The van der Waals surface area contributed by atoms with Crippen molar-refractivity contribution in [2.75, 3.05) is 52.3 Å². The minimum Gasteiger partial charge on any atom is -0.492 e. The topological polar surface area (TPSA) is 176 Å². The summed E-state index contributed by atoms with van der Waals surface area (Å²) in [6.45, 7) is 2.74. The SMILES string of the molecule is CC(=O)N1CC[C@H]2CC[C@@H](C(=O)N(C)c3ccc(OCCN(C)C)cc3)N2C(=O)[C@@H](NC(=O)c2cc3cc(C(F)(F)P(=O)(O)O)ccc3[nH]2)C1. The molecule has 4 amide bonds. The zero-order valence-corrected chi connectivity index (χ0v) is 29.0. The van der Waals surface area contributed by atoms with E-state index < -0.39 is 42.7 Å². The molecule has 14 nitrogen and oxygen atoms in total. The zero-order chi connectivity index (χ0) is 36.5. The lowest BCUT2D eigenvalue weighted by atomic mass is 10.1.